The molecule has 0 radical (unpaired) electrons. The molecule has 6 nitrogen and oxygen atoms in total. The van der Waals surface area contributed by atoms with Gasteiger partial charge in [0.2, 0.25) is 5.95 Å². The Morgan fingerprint density at radius 3 is 2.91 bits per heavy atom. The van der Waals surface area contributed by atoms with Crippen molar-refractivity contribution in [3.8, 4) is 0 Å². The van der Waals surface area contributed by atoms with E-state index < -0.39 is 0 Å². The molecule has 1 aliphatic heterocycles. The van der Waals surface area contributed by atoms with Crippen LogP contribution < -0.4 is 10.2 Å². The summed E-state index contributed by atoms with van der Waals surface area (Å²) in [5, 5.41) is 3.47. The first-order chi connectivity index (χ1) is 10.7. The van der Waals surface area contributed by atoms with Crippen molar-refractivity contribution in [2.45, 2.75) is 12.6 Å². The summed E-state index contributed by atoms with van der Waals surface area (Å²) in [5.41, 5.74) is 2.30. The predicted octanol–water partition coefficient (Wildman–Crippen LogP) is 1.51. The highest BCUT2D eigenvalue weighted by molar-refractivity contribution is 5.85. The van der Waals surface area contributed by atoms with Crippen LogP contribution in [0.4, 0.5) is 5.95 Å². The SMILES string of the molecule is CN(C)c1nccc(CN2CCNCC2c2cccnc2)n1.Cl. The summed E-state index contributed by atoms with van der Waals surface area (Å²) in [7, 11) is 3.92. The van der Waals surface area contributed by atoms with E-state index in [9.17, 15) is 0 Å². The van der Waals surface area contributed by atoms with Crippen LogP contribution >= 0.6 is 12.4 Å². The standard InChI is InChI=1S/C16H22N6.ClH/c1-21(2)16-19-7-5-14(20-16)12-22-9-8-18-11-15(22)13-4-3-6-17-10-13;/h3-7,10,15,18H,8-9,11-12H2,1-2H3;1H. The zero-order chi connectivity index (χ0) is 15.4. The molecule has 1 aliphatic rings. The lowest BCUT2D eigenvalue weighted by Crippen LogP contribution is -2.45. The fourth-order valence-corrected chi connectivity index (χ4v) is 2.73. The van der Waals surface area contributed by atoms with Crippen LogP contribution in [0.5, 0.6) is 0 Å². The molecule has 0 aromatic carbocycles. The zero-order valence-electron chi connectivity index (χ0n) is 13.5. The molecule has 1 fully saturated rings. The van der Waals surface area contributed by atoms with Crippen LogP contribution in [0.15, 0.2) is 36.8 Å². The second-order valence-electron chi connectivity index (χ2n) is 5.72. The molecule has 1 saturated heterocycles. The second-order valence-corrected chi connectivity index (χ2v) is 5.72. The van der Waals surface area contributed by atoms with Gasteiger partial charge in [-0.2, -0.15) is 0 Å². The van der Waals surface area contributed by atoms with E-state index in [1.807, 2.05) is 49.7 Å². The number of hydrogen-bond donors (Lipinski definition) is 1. The van der Waals surface area contributed by atoms with E-state index in [-0.39, 0.29) is 12.4 Å². The lowest BCUT2D eigenvalue weighted by Gasteiger charge is -2.36. The number of halogens is 1. The Kier molecular flexibility index (Phi) is 6.27. The van der Waals surface area contributed by atoms with Crippen LogP contribution in [-0.2, 0) is 6.54 Å². The molecule has 0 spiro atoms. The van der Waals surface area contributed by atoms with Gasteiger partial charge in [-0.1, -0.05) is 6.07 Å². The van der Waals surface area contributed by atoms with Gasteiger partial charge in [0.1, 0.15) is 0 Å². The molecule has 7 heteroatoms. The maximum atomic E-state index is 4.63. The molecule has 2 aromatic heterocycles. The van der Waals surface area contributed by atoms with Crippen LogP contribution in [0.2, 0.25) is 0 Å². The lowest BCUT2D eigenvalue weighted by atomic mass is 10.1. The normalized spacial score (nSPS) is 18.3. The Morgan fingerprint density at radius 2 is 2.17 bits per heavy atom. The van der Waals surface area contributed by atoms with Crippen molar-refractivity contribution in [1.82, 2.24) is 25.2 Å². The molecular weight excluding hydrogens is 312 g/mol. The predicted molar refractivity (Wildman–Crippen MR) is 93.9 cm³/mol. The molecular formula is C16H23ClN6. The van der Waals surface area contributed by atoms with Gasteiger partial charge in [-0.3, -0.25) is 9.88 Å². The summed E-state index contributed by atoms with van der Waals surface area (Å²) < 4.78 is 0. The molecule has 0 bridgehead atoms. The number of aromatic nitrogens is 3. The molecule has 2 aromatic rings. The van der Waals surface area contributed by atoms with Gasteiger partial charge in [-0.05, 0) is 17.7 Å². The zero-order valence-corrected chi connectivity index (χ0v) is 14.3. The first kappa shape index (κ1) is 17.6. The Bertz CT molecular complexity index is 607. The van der Waals surface area contributed by atoms with E-state index in [0.29, 0.717) is 6.04 Å². The van der Waals surface area contributed by atoms with E-state index in [2.05, 4.69) is 31.2 Å². The number of anilines is 1. The first-order valence-corrected chi connectivity index (χ1v) is 7.58. The second kappa shape index (κ2) is 8.19. The highest BCUT2D eigenvalue weighted by Gasteiger charge is 2.24. The third kappa shape index (κ3) is 4.37. The van der Waals surface area contributed by atoms with Crippen molar-refractivity contribution in [3.05, 3.63) is 48.0 Å². The Balaban J connectivity index is 0.00000192. The third-order valence-corrected chi connectivity index (χ3v) is 3.89. The smallest absolute Gasteiger partial charge is 0.225 e. The van der Waals surface area contributed by atoms with Crippen molar-refractivity contribution in [1.29, 1.82) is 0 Å². The lowest BCUT2D eigenvalue weighted by molar-refractivity contribution is 0.151. The van der Waals surface area contributed by atoms with Gasteiger partial charge in [-0.25, -0.2) is 9.97 Å². The molecule has 23 heavy (non-hydrogen) atoms. The Labute approximate surface area is 143 Å². The van der Waals surface area contributed by atoms with Crippen molar-refractivity contribution < 1.29 is 0 Å². The van der Waals surface area contributed by atoms with Crippen LogP contribution in [-0.4, -0.2) is 53.6 Å². The fraction of sp³-hybridized carbons (Fsp3) is 0.438. The third-order valence-electron chi connectivity index (χ3n) is 3.89. The van der Waals surface area contributed by atoms with E-state index in [4.69, 9.17) is 0 Å². The summed E-state index contributed by atoms with van der Waals surface area (Å²) in [6, 6.07) is 6.47. The highest BCUT2D eigenvalue weighted by atomic mass is 35.5. The van der Waals surface area contributed by atoms with Crippen molar-refractivity contribution >= 4 is 18.4 Å². The van der Waals surface area contributed by atoms with Gasteiger partial charge in [-0.15, -0.1) is 12.4 Å². The minimum absolute atomic E-state index is 0. The monoisotopic (exact) mass is 334 g/mol. The van der Waals surface area contributed by atoms with E-state index in [1.165, 1.54) is 5.56 Å². The number of rotatable bonds is 4. The minimum atomic E-state index is 0. The van der Waals surface area contributed by atoms with Gasteiger partial charge < -0.3 is 10.2 Å². The van der Waals surface area contributed by atoms with Crippen LogP contribution in [0.25, 0.3) is 0 Å². The molecule has 1 unspecified atom stereocenters. The summed E-state index contributed by atoms with van der Waals surface area (Å²) in [5.74, 6) is 0.755. The number of pyridine rings is 1. The van der Waals surface area contributed by atoms with Gasteiger partial charge in [0.25, 0.3) is 0 Å². The average Bonchev–Trinajstić information content (AvgIpc) is 2.56. The number of nitrogens with one attached hydrogen (secondary N) is 1. The van der Waals surface area contributed by atoms with Crippen molar-refractivity contribution in [3.63, 3.8) is 0 Å². The molecule has 1 atom stereocenters. The van der Waals surface area contributed by atoms with Crippen LogP contribution in [0.3, 0.4) is 0 Å². The van der Waals surface area contributed by atoms with Gasteiger partial charge >= 0.3 is 0 Å². The number of hydrogen-bond acceptors (Lipinski definition) is 6. The molecule has 124 valence electrons. The van der Waals surface area contributed by atoms with E-state index in [1.54, 1.807) is 0 Å². The summed E-state index contributed by atoms with van der Waals surface area (Å²) in [6.07, 6.45) is 5.60. The first-order valence-electron chi connectivity index (χ1n) is 7.58. The van der Waals surface area contributed by atoms with Gasteiger partial charge in [0, 0.05) is 64.9 Å². The van der Waals surface area contributed by atoms with Crippen molar-refractivity contribution in [2.24, 2.45) is 0 Å². The molecule has 0 saturated carbocycles. The van der Waals surface area contributed by atoms with Gasteiger partial charge in [0.15, 0.2) is 0 Å². The van der Waals surface area contributed by atoms with Gasteiger partial charge in [0.05, 0.1) is 5.69 Å². The maximum absolute atomic E-state index is 4.63. The molecule has 3 rings (SSSR count). The molecule has 0 amide bonds. The van der Waals surface area contributed by atoms with Crippen molar-refractivity contribution in [2.75, 3.05) is 38.6 Å². The Hall–Kier alpha value is -1.76. The highest BCUT2D eigenvalue weighted by Crippen LogP contribution is 2.23. The molecule has 3 heterocycles. The topological polar surface area (TPSA) is 57.2 Å². The summed E-state index contributed by atoms with van der Waals surface area (Å²) >= 11 is 0. The number of nitrogens with zero attached hydrogens (tertiary/aromatic N) is 5. The number of piperazine rings is 1. The Morgan fingerprint density at radius 1 is 1.30 bits per heavy atom. The summed E-state index contributed by atoms with van der Waals surface area (Å²) in [4.78, 5) is 17.6. The van der Waals surface area contributed by atoms with Crippen LogP contribution in [0.1, 0.15) is 17.3 Å². The quantitative estimate of drug-likeness (QED) is 0.914. The van der Waals surface area contributed by atoms with E-state index >= 15 is 0 Å². The maximum Gasteiger partial charge on any atom is 0.225 e. The fourth-order valence-electron chi connectivity index (χ4n) is 2.73. The average molecular weight is 335 g/mol. The van der Waals surface area contributed by atoms with E-state index in [0.717, 1.165) is 37.8 Å². The summed E-state index contributed by atoms with van der Waals surface area (Å²) in [6.45, 7) is 3.77. The minimum Gasteiger partial charge on any atom is -0.347 e. The molecule has 0 aliphatic carbocycles. The van der Waals surface area contributed by atoms with Crippen LogP contribution in [0, 0.1) is 0 Å². The largest absolute Gasteiger partial charge is 0.347 e. The molecule has 1 N–H and O–H groups in total.